The van der Waals surface area contributed by atoms with Crippen LogP contribution >= 0.6 is 0 Å². The highest BCUT2D eigenvalue weighted by Gasteiger charge is 2.53. The molecule has 2 bridgehead atoms. The number of rotatable bonds is 17. The van der Waals surface area contributed by atoms with Crippen molar-refractivity contribution in [3.05, 3.63) is 137 Å². The zero-order chi connectivity index (χ0) is 86.3. The summed E-state index contributed by atoms with van der Waals surface area (Å²) in [7, 11) is 6.34. The molecule has 34 heteroatoms. The van der Waals surface area contributed by atoms with Crippen LogP contribution in [0.15, 0.2) is 113 Å². The van der Waals surface area contributed by atoms with Crippen molar-refractivity contribution in [2.75, 3.05) is 56.6 Å². The van der Waals surface area contributed by atoms with Gasteiger partial charge in [0.25, 0.3) is 23.5 Å². The van der Waals surface area contributed by atoms with Crippen LogP contribution in [-0.2, 0) is 70.0 Å². The number of amides is 3. The van der Waals surface area contributed by atoms with Crippen molar-refractivity contribution in [1.82, 2.24) is 35.3 Å². The lowest BCUT2D eigenvalue weighted by atomic mass is 9.78. The second-order valence-corrected chi connectivity index (χ2v) is 30.6. The zero-order valence-electron chi connectivity index (χ0n) is 68.0. The molecule has 6 heterocycles. The number of aryl methyl sites for hydroxylation is 1. The summed E-state index contributed by atoms with van der Waals surface area (Å²) in [5, 5.41) is 60.0. The molecule has 0 unspecified atom stereocenters. The molecule has 31 nitrogen and oxygen atoms in total. The summed E-state index contributed by atoms with van der Waals surface area (Å²) < 4.78 is 71.1. The van der Waals surface area contributed by atoms with Crippen molar-refractivity contribution >= 4 is 87.3 Å². The highest BCUT2D eigenvalue weighted by atomic mass is 19.4. The summed E-state index contributed by atoms with van der Waals surface area (Å²) in [6.45, 7) is 14.7. The number of hydrogen-bond donors (Lipinski definition) is 9. The number of fused-ring (bicyclic) bond motifs is 4. The molecule has 3 aromatic heterocycles. The number of piperidine rings is 1. The average Bonchev–Trinajstić information content (AvgIpc) is 0.962. The van der Waals surface area contributed by atoms with Crippen LogP contribution in [0.4, 0.5) is 36.3 Å². The summed E-state index contributed by atoms with van der Waals surface area (Å²) in [6.07, 6.45) is 9.00. The molecular formula is C83H110F3N11O20. The molecule has 4 aliphatic rings. The molecule has 11 N–H and O–H groups in total. The number of cyclic esters (lactones) is 1. The summed E-state index contributed by atoms with van der Waals surface area (Å²) in [6, 6.07) is 8.19. The Labute approximate surface area is 677 Å². The molecule has 16 atom stereocenters. The Morgan fingerprint density at radius 1 is 0.812 bits per heavy atom. The van der Waals surface area contributed by atoms with Crippen molar-refractivity contribution in [3.8, 4) is 0 Å². The number of carboxylic acids is 2. The Kier molecular flexibility index (Phi) is 34.8. The van der Waals surface area contributed by atoms with Gasteiger partial charge in [-0.2, -0.15) is 23.1 Å². The number of ether oxygens (including phenoxy) is 5. The van der Waals surface area contributed by atoms with E-state index in [4.69, 9.17) is 44.8 Å². The number of aliphatic hydroxyl groups excluding tert-OH is 2. The number of ketones is 3. The van der Waals surface area contributed by atoms with Gasteiger partial charge in [0.15, 0.2) is 22.8 Å². The first-order valence-corrected chi connectivity index (χ1v) is 39.0. The molecule has 3 aliphatic heterocycles. The molecular weight excluding hydrogens is 1530 g/mol. The summed E-state index contributed by atoms with van der Waals surface area (Å²) in [5.74, 6) is -11.0. The number of Topliss-reactive ketones (excluding diaryl/α,β-unsaturated/α-hetero) is 3. The number of aromatic nitrogens is 5. The first-order valence-electron chi connectivity index (χ1n) is 39.0. The van der Waals surface area contributed by atoms with Gasteiger partial charge in [0, 0.05) is 88.9 Å². The van der Waals surface area contributed by atoms with E-state index in [0.717, 1.165) is 29.8 Å². The van der Waals surface area contributed by atoms with E-state index in [9.17, 15) is 76.7 Å². The first-order chi connectivity index (χ1) is 55.3. The predicted octanol–water partition coefficient (Wildman–Crippen LogP) is 9.70. The standard InChI is InChI=1S/C51H79NO13.C20H22N8O5.C12H9F3N2O2/c1-30-16-12-11-13-17-31(2)42(61-8)28-38-21-19-36(7)51(60,65-38)48(57)49(58)52-23-15-14-18-39(52)50(59)64-43(33(4)26-37-20-22-40(53)44(27-37)62-9)29-41(54)32(3)25-35(6)46(56)47(63-10)45(55)34(5)24-30;1-28(9-11-8-23-17-15(24-11)16(21)26-20(22)27-17)12-4-2-10(3-5-12)18(31)25-13(19(32)33)6-7-14(29)30;1-7-10(6-16-19-7)11(18)17-9-4-2-8(3-5-9)12(13,14)15/h11-13,16-17,25,30,32-34,36-40,42-44,46-47,53,56,60H,14-15,18-24,26-29H2,1-10H3;2-5,8,13H,6-7,9H2,1H3,(H,25,31)(H,29,30)(H,32,33)(H4,21,22,23,26,27);2-6H,1H3,(H,17,18)/b13-11?,16-12+,31-17?,35-25+;;/t30-,32-,33+,34-,36-,37+,38+,39+,40-,42+,43+,44-,46-,47+,51-;13-;/m10./s1. The first kappa shape index (κ1) is 93.9. The topological polar surface area (TPSA) is 461 Å². The van der Waals surface area contributed by atoms with Crippen molar-refractivity contribution in [2.24, 2.45) is 35.5 Å². The number of nitrogens with two attached hydrogens (primary N) is 2. The Hall–Kier alpha value is -10.2. The molecule has 3 amide bonds. The predicted molar refractivity (Wildman–Crippen MR) is 424 cm³/mol. The summed E-state index contributed by atoms with van der Waals surface area (Å²) >= 11 is 0. The molecule has 5 aromatic rings. The Balaban J connectivity index is 0.000000296. The van der Waals surface area contributed by atoms with Crippen LogP contribution < -0.4 is 27.0 Å². The number of anilines is 4. The van der Waals surface area contributed by atoms with Gasteiger partial charge in [0.05, 0.1) is 54.6 Å². The minimum atomic E-state index is -4.40. The molecule has 638 valence electrons. The van der Waals surface area contributed by atoms with Crippen LogP contribution in [0.5, 0.6) is 0 Å². The third kappa shape index (κ3) is 26.4. The van der Waals surface area contributed by atoms with Crippen LogP contribution in [0, 0.1) is 42.4 Å². The maximum absolute atomic E-state index is 14.4. The fourth-order valence-electron chi connectivity index (χ4n) is 14.6. The lowest BCUT2D eigenvalue weighted by Crippen LogP contribution is -2.61. The number of aliphatic carboxylic acids is 2. The largest absolute Gasteiger partial charge is 0.481 e. The van der Waals surface area contributed by atoms with Crippen molar-refractivity contribution in [2.45, 2.75) is 219 Å². The normalized spacial score (nSPS) is 26.9. The molecule has 1 aliphatic carbocycles. The van der Waals surface area contributed by atoms with E-state index in [1.807, 2.05) is 70.0 Å². The number of allylic oxidation sites excluding steroid dienone is 6. The quantitative estimate of drug-likeness (QED) is 0.0237. The van der Waals surface area contributed by atoms with Gasteiger partial charge >= 0.3 is 24.1 Å². The monoisotopic (exact) mass is 1640 g/mol. The summed E-state index contributed by atoms with van der Waals surface area (Å²) in [5.41, 5.74) is 14.6. The smallest absolute Gasteiger partial charge is 0.416 e. The van der Waals surface area contributed by atoms with Gasteiger partial charge in [0.1, 0.15) is 47.5 Å². The van der Waals surface area contributed by atoms with E-state index in [2.05, 4.69) is 35.7 Å². The molecule has 2 aromatic carbocycles. The van der Waals surface area contributed by atoms with Gasteiger partial charge in [-0.3, -0.25) is 33.6 Å². The van der Waals surface area contributed by atoms with Crippen LogP contribution in [0.2, 0.25) is 0 Å². The highest BCUT2D eigenvalue weighted by molar-refractivity contribution is 6.39. The van der Waals surface area contributed by atoms with Gasteiger partial charge in [-0.25, -0.2) is 19.6 Å². The number of methoxy groups -OCH3 is 3. The molecule has 9 rings (SSSR count). The number of halogens is 3. The van der Waals surface area contributed by atoms with E-state index in [0.29, 0.717) is 92.5 Å². The Morgan fingerprint density at radius 3 is 2.15 bits per heavy atom. The van der Waals surface area contributed by atoms with Crippen LogP contribution in [0.3, 0.4) is 0 Å². The van der Waals surface area contributed by atoms with Crippen molar-refractivity contribution in [3.63, 3.8) is 0 Å². The molecule has 1 saturated carbocycles. The SMILES string of the molecule is CN(Cc1cnc2nc(N)nc(N)c2n1)c1ccc(C(=O)N[C@@H](CCC(=O)O)C(=O)O)cc1.CO[C@H]1C[C@@H]2CC[C@@H](C)[C@@](O)(O2)C(=O)C(=O)N2CCCC[C@H]2C(=O)O[C@H]([C@@H](C)C[C@@H]2CC[C@@H](O)[C@H](OC)C2)CC(=O)[C@H](C)/C=C(\C)[C@@H](O)[C@@H](OC)C(=O)[C@H](C)C[C@H](C)/C=C/C=CC=C1C.Cc1oncc1C(=O)Nc1ccc(C(F)(F)F)cc1. The fraction of sp³-hybridized carbons (Fsp3) is 0.542. The Morgan fingerprint density at radius 2 is 1.51 bits per heavy atom. The molecule has 0 radical (unpaired) electrons. The number of aliphatic hydroxyl groups is 3. The van der Waals surface area contributed by atoms with Gasteiger partial charge in [-0.05, 0) is 169 Å². The Bertz CT molecular complexity index is 4390. The molecule has 2 saturated heterocycles. The maximum atomic E-state index is 14.4. The average molecular weight is 1640 g/mol. The highest BCUT2D eigenvalue weighted by Crippen LogP contribution is 2.39. The lowest BCUT2D eigenvalue weighted by Gasteiger charge is -2.42. The fourth-order valence-corrected chi connectivity index (χ4v) is 14.6. The van der Waals surface area contributed by atoms with E-state index in [-0.39, 0.29) is 96.2 Å². The van der Waals surface area contributed by atoms with Gasteiger partial charge < -0.3 is 85.6 Å². The van der Waals surface area contributed by atoms with Crippen LogP contribution in [0.1, 0.15) is 176 Å². The van der Waals surface area contributed by atoms with Crippen LogP contribution in [-0.4, -0.2) is 204 Å². The number of nitrogens with zero attached hydrogens (tertiary/aromatic N) is 7. The third-order valence-electron chi connectivity index (χ3n) is 21.7. The second-order valence-electron chi connectivity index (χ2n) is 30.6. The number of hydrogen-bond acceptors (Lipinski definition) is 26. The number of esters is 1. The number of nitrogens with one attached hydrogen (secondary N) is 2. The minimum absolute atomic E-state index is 0.0138. The van der Waals surface area contributed by atoms with Crippen molar-refractivity contribution < 1.29 is 110 Å². The second kappa shape index (κ2) is 43.3. The van der Waals surface area contributed by atoms with Gasteiger partial charge in [-0.15, -0.1) is 0 Å². The number of benzene rings is 2. The van der Waals surface area contributed by atoms with E-state index >= 15 is 0 Å². The van der Waals surface area contributed by atoms with Gasteiger partial charge in [0.2, 0.25) is 11.7 Å². The van der Waals surface area contributed by atoms with Crippen molar-refractivity contribution in [1.29, 1.82) is 0 Å². The molecule has 117 heavy (non-hydrogen) atoms. The molecule has 0 spiro atoms. The zero-order valence-corrected chi connectivity index (χ0v) is 68.0. The molecule has 3 fully saturated rings. The van der Waals surface area contributed by atoms with Crippen LogP contribution in [0.25, 0.3) is 11.2 Å². The minimum Gasteiger partial charge on any atom is -0.481 e. The number of nitrogen functional groups attached to an aromatic ring is 2. The van der Waals surface area contributed by atoms with Gasteiger partial charge in [-0.1, -0.05) is 76.2 Å². The number of carbonyl (C=O) groups is 9. The number of carbonyl (C=O) groups excluding carboxylic acids is 7. The maximum Gasteiger partial charge on any atom is 0.416 e. The van der Waals surface area contributed by atoms with E-state index in [1.54, 1.807) is 66.3 Å². The lowest BCUT2D eigenvalue weighted by molar-refractivity contribution is -0.265. The number of alkyl halides is 3. The van der Waals surface area contributed by atoms with E-state index in [1.165, 1.54) is 42.5 Å². The number of carboxylic acid groups (broad SMARTS) is 2. The summed E-state index contributed by atoms with van der Waals surface area (Å²) in [4.78, 5) is 136. The third-order valence-corrected chi connectivity index (χ3v) is 21.7. The van der Waals surface area contributed by atoms with E-state index < -0.39 is 125 Å².